The average molecular weight is 197 g/mol. The van der Waals surface area contributed by atoms with Crippen LogP contribution in [0, 0.1) is 0 Å². The molecule has 1 nitrogen and oxygen atoms in total. The Balaban J connectivity index is 3.02. The van der Waals surface area contributed by atoms with E-state index in [1.807, 2.05) is 38.1 Å². The molecule has 0 unspecified atom stereocenters. The normalized spacial score (nSPS) is 12.6. The smallest absolute Gasteiger partial charge is 0.0644 e. The van der Waals surface area contributed by atoms with Gasteiger partial charge < -0.3 is 5.11 Å². The lowest BCUT2D eigenvalue weighted by Gasteiger charge is -2.05. The van der Waals surface area contributed by atoms with Gasteiger partial charge in [-0.3, -0.25) is 0 Å². The molecular weight excluding hydrogens is 184 g/mol. The first-order valence-corrected chi connectivity index (χ1v) is 4.56. The Morgan fingerprint density at radius 1 is 1.23 bits per heavy atom. The molecule has 0 atom stereocenters. The van der Waals surface area contributed by atoms with E-state index >= 15 is 0 Å². The fourth-order valence-corrected chi connectivity index (χ4v) is 1.19. The maximum absolute atomic E-state index is 8.94. The molecule has 0 heterocycles. The van der Waals surface area contributed by atoms with Crippen molar-refractivity contribution in [2.45, 2.75) is 13.8 Å². The maximum atomic E-state index is 8.94. The van der Waals surface area contributed by atoms with Crippen LogP contribution in [0.5, 0.6) is 0 Å². The van der Waals surface area contributed by atoms with Crippen molar-refractivity contribution < 1.29 is 5.11 Å². The number of benzene rings is 1. The van der Waals surface area contributed by atoms with Crippen LogP contribution in [0.1, 0.15) is 19.4 Å². The zero-order chi connectivity index (χ0) is 9.84. The summed E-state index contributed by atoms with van der Waals surface area (Å²) in [4.78, 5) is 0. The third-order valence-electron chi connectivity index (χ3n) is 2.15. The molecule has 2 heteroatoms. The zero-order valence-electron chi connectivity index (χ0n) is 7.84. The second-order valence-electron chi connectivity index (χ2n) is 3.07. The molecule has 1 rings (SSSR count). The monoisotopic (exact) mass is 196 g/mol. The predicted molar refractivity (Wildman–Crippen MR) is 56.8 cm³/mol. The molecule has 0 saturated heterocycles. The van der Waals surface area contributed by atoms with Crippen molar-refractivity contribution in [3.05, 3.63) is 40.4 Å². The third kappa shape index (κ3) is 2.58. The van der Waals surface area contributed by atoms with Gasteiger partial charge in [-0.15, -0.1) is 0 Å². The van der Waals surface area contributed by atoms with Crippen molar-refractivity contribution in [1.29, 1.82) is 0 Å². The summed E-state index contributed by atoms with van der Waals surface area (Å²) in [6.45, 7) is 4.02. The Morgan fingerprint density at radius 2 is 1.77 bits per heavy atom. The maximum Gasteiger partial charge on any atom is 0.0644 e. The molecule has 0 aliphatic carbocycles. The molecule has 1 N–H and O–H groups in total. The summed E-state index contributed by atoms with van der Waals surface area (Å²) in [5.74, 6) is 0. The summed E-state index contributed by atoms with van der Waals surface area (Å²) in [5.41, 5.74) is 3.21. The molecule has 70 valence electrons. The van der Waals surface area contributed by atoms with Crippen molar-refractivity contribution >= 4 is 17.2 Å². The predicted octanol–water partition coefficient (Wildman–Crippen LogP) is 3.13. The van der Waals surface area contributed by atoms with Gasteiger partial charge in [-0.1, -0.05) is 23.7 Å². The fraction of sp³-hybridized carbons (Fsp3) is 0.273. The van der Waals surface area contributed by atoms with Crippen LogP contribution in [0.4, 0.5) is 0 Å². The minimum absolute atomic E-state index is 0.106. The number of hydrogen-bond acceptors (Lipinski definition) is 1. The molecule has 1 aromatic carbocycles. The van der Waals surface area contributed by atoms with Crippen LogP contribution in [-0.2, 0) is 0 Å². The lowest BCUT2D eigenvalue weighted by atomic mass is 10.0. The fourth-order valence-electron chi connectivity index (χ4n) is 1.06. The Labute approximate surface area is 83.7 Å². The molecule has 0 radical (unpaired) electrons. The Bertz CT molecular complexity index is 311. The van der Waals surface area contributed by atoms with E-state index < -0.39 is 0 Å². The number of rotatable bonds is 2. The zero-order valence-corrected chi connectivity index (χ0v) is 8.60. The van der Waals surface area contributed by atoms with Gasteiger partial charge in [-0.25, -0.2) is 0 Å². The molecule has 0 aromatic heterocycles. The topological polar surface area (TPSA) is 20.2 Å². The van der Waals surface area contributed by atoms with Gasteiger partial charge in [-0.05, 0) is 42.7 Å². The molecule has 0 spiro atoms. The van der Waals surface area contributed by atoms with Crippen LogP contribution >= 0.6 is 11.6 Å². The first-order chi connectivity index (χ1) is 6.15. The van der Waals surface area contributed by atoms with Crippen LogP contribution in [0.15, 0.2) is 29.8 Å². The van der Waals surface area contributed by atoms with Gasteiger partial charge in [0.05, 0.1) is 6.61 Å². The Morgan fingerprint density at radius 3 is 2.23 bits per heavy atom. The second-order valence-corrected chi connectivity index (χ2v) is 3.51. The summed E-state index contributed by atoms with van der Waals surface area (Å²) in [5, 5.41) is 9.67. The first kappa shape index (κ1) is 10.3. The summed E-state index contributed by atoms with van der Waals surface area (Å²) in [6, 6.07) is 7.61. The molecule has 0 aliphatic rings. The van der Waals surface area contributed by atoms with Gasteiger partial charge in [0.2, 0.25) is 0 Å². The number of allylic oxidation sites excluding steroid dienone is 1. The summed E-state index contributed by atoms with van der Waals surface area (Å²) >= 11 is 5.76. The van der Waals surface area contributed by atoms with Gasteiger partial charge in [0.25, 0.3) is 0 Å². The SMILES string of the molecule is CC(CO)=C(C)c1ccc(Cl)cc1. The van der Waals surface area contributed by atoms with E-state index in [0.29, 0.717) is 0 Å². The largest absolute Gasteiger partial charge is 0.392 e. The highest BCUT2D eigenvalue weighted by molar-refractivity contribution is 6.30. The molecule has 0 saturated carbocycles. The molecule has 0 bridgehead atoms. The van der Waals surface area contributed by atoms with Crippen molar-refractivity contribution in [3.8, 4) is 0 Å². The summed E-state index contributed by atoms with van der Waals surface area (Å²) in [7, 11) is 0. The van der Waals surface area contributed by atoms with Gasteiger partial charge >= 0.3 is 0 Å². The molecular formula is C11H13ClO. The highest BCUT2D eigenvalue weighted by Gasteiger charge is 1.98. The molecule has 1 aromatic rings. The lowest BCUT2D eigenvalue weighted by molar-refractivity contribution is 0.332. The van der Waals surface area contributed by atoms with Gasteiger partial charge in [0.1, 0.15) is 0 Å². The van der Waals surface area contributed by atoms with E-state index in [9.17, 15) is 0 Å². The van der Waals surface area contributed by atoms with Gasteiger partial charge in [0, 0.05) is 5.02 Å². The van der Waals surface area contributed by atoms with Crippen molar-refractivity contribution in [3.63, 3.8) is 0 Å². The van der Waals surface area contributed by atoms with Crippen molar-refractivity contribution in [2.24, 2.45) is 0 Å². The molecule has 0 fully saturated rings. The third-order valence-corrected chi connectivity index (χ3v) is 2.41. The number of hydrogen-bond donors (Lipinski definition) is 1. The standard InChI is InChI=1S/C11H13ClO/c1-8(7-13)9(2)10-3-5-11(12)6-4-10/h3-6,13H,7H2,1-2H3. The van der Waals surface area contributed by atoms with Gasteiger partial charge in [0.15, 0.2) is 0 Å². The van der Waals surface area contributed by atoms with Crippen LogP contribution in [0.3, 0.4) is 0 Å². The first-order valence-electron chi connectivity index (χ1n) is 4.18. The molecule has 0 amide bonds. The number of halogens is 1. The van der Waals surface area contributed by atoms with Crippen LogP contribution < -0.4 is 0 Å². The van der Waals surface area contributed by atoms with Crippen LogP contribution in [-0.4, -0.2) is 11.7 Å². The number of aliphatic hydroxyl groups is 1. The average Bonchev–Trinajstić information content (AvgIpc) is 2.17. The van der Waals surface area contributed by atoms with Crippen LogP contribution in [0.2, 0.25) is 5.02 Å². The summed E-state index contributed by atoms with van der Waals surface area (Å²) in [6.07, 6.45) is 0. The minimum Gasteiger partial charge on any atom is -0.392 e. The van der Waals surface area contributed by atoms with E-state index in [-0.39, 0.29) is 6.61 Å². The van der Waals surface area contributed by atoms with Crippen molar-refractivity contribution in [1.82, 2.24) is 0 Å². The van der Waals surface area contributed by atoms with E-state index in [2.05, 4.69) is 0 Å². The lowest BCUT2D eigenvalue weighted by Crippen LogP contribution is -1.89. The summed E-state index contributed by atoms with van der Waals surface area (Å²) < 4.78 is 0. The second kappa shape index (κ2) is 4.45. The van der Waals surface area contributed by atoms with E-state index in [1.54, 1.807) is 0 Å². The van der Waals surface area contributed by atoms with Crippen molar-refractivity contribution in [2.75, 3.05) is 6.61 Å². The van der Waals surface area contributed by atoms with Gasteiger partial charge in [-0.2, -0.15) is 0 Å². The molecule has 13 heavy (non-hydrogen) atoms. The minimum atomic E-state index is 0.106. The number of aliphatic hydroxyl groups excluding tert-OH is 1. The van der Waals surface area contributed by atoms with E-state index in [1.165, 1.54) is 0 Å². The van der Waals surface area contributed by atoms with E-state index in [0.717, 1.165) is 21.7 Å². The Hall–Kier alpha value is -0.790. The van der Waals surface area contributed by atoms with Crippen LogP contribution in [0.25, 0.3) is 5.57 Å². The highest BCUT2D eigenvalue weighted by Crippen LogP contribution is 2.19. The van der Waals surface area contributed by atoms with E-state index in [4.69, 9.17) is 16.7 Å². The molecule has 0 aliphatic heterocycles. The quantitative estimate of drug-likeness (QED) is 0.771. The highest BCUT2D eigenvalue weighted by atomic mass is 35.5. The Kier molecular flexibility index (Phi) is 3.52.